The van der Waals surface area contributed by atoms with Gasteiger partial charge in [0.25, 0.3) is 0 Å². The first-order valence-electron chi connectivity index (χ1n) is 7.90. The first kappa shape index (κ1) is 16.2. The third kappa shape index (κ3) is 2.51. The summed E-state index contributed by atoms with van der Waals surface area (Å²) in [4.78, 5) is 8.84. The van der Waals surface area contributed by atoms with E-state index in [2.05, 4.69) is 20.4 Å². The number of hydrogen-bond donors (Lipinski definition) is 1. The molecule has 0 bridgehead atoms. The molecule has 0 aliphatic rings. The van der Waals surface area contributed by atoms with Crippen molar-refractivity contribution in [3.8, 4) is 11.4 Å². The number of nitrogens with one attached hydrogen (secondary N) is 1. The van der Waals surface area contributed by atoms with Gasteiger partial charge in [-0.2, -0.15) is 0 Å². The summed E-state index contributed by atoms with van der Waals surface area (Å²) in [5.74, 6) is 0.240. The van der Waals surface area contributed by atoms with Crippen LogP contribution in [0.4, 0.5) is 5.82 Å². The standard InChI is InChI=1S/C18H15N5O2S/c1-19-17-16(26(24,25)13-7-3-2-4-8-13)18-21-12-10-15(23(18)22-17)14-9-5-6-11-20-14/h2-12H,1H3,(H,19,22). The predicted octanol–water partition coefficient (Wildman–Crippen LogP) is 2.67. The molecule has 1 N–H and O–H groups in total. The number of aromatic nitrogens is 4. The minimum absolute atomic E-state index is 0.0454. The van der Waals surface area contributed by atoms with Crippen LogP contribution < -0.4 is 5.32 Å². The van der Waals surface area contributed by atoms with Crippen LogP contribution in [-0.4, -0.2) is 35.0 Å². The molecule has 7 nitrogen and oxygen atoms in total. The van der Waals surface area contributed by atoms with Crippen molar-refractivity contribution < 1.29 is 8.42 Å². The summed E-state index contributed by atoms with van der Waals surface area (Å²) in [6.45, 7) is 0. The molecule has 0 aliphatic carbocycles. The molecule has 8 heteroatoms. The van der Waals surface area contributed by atoms with Crippen molar-refractivity contribution in [1.82, 2.24) is 19.6 Å². The highest BCUT2D eigenvalue weighted by molar-refractivity contribution is 7.91. The highest BCUT2D eigenvalue weighted by Crippen LogP contribution is 2.32. The summed E-state index contributed by atoms with van der Waals surface area (Å²) >= 11 is 0. The SMILES string of the molecule is CNc1nn2c(-c3ccccn3)ccnc2c1S(=O)(=O)c1ccccc1. The Hall–Kier alpha value is -3.26. The van der Waals surface area contributed by atoms with Crippen molar-refractivity contribution in [2.24, 2.45) is 0 Å². The molecule has 1 aromatic carbocycles. The molecule has 0 amide bonds. The Morgan fingerprint density at radius 2 is 1.69 bits per heavy atom. The van der Waals surface area contributed by atoms with Crippen LogP contribution in [0, 0.1) is 0 Å². The van der Waals surface area contributed by atoms with Crippen molar-refractivity contribution in [3.63, 3.8) is 0 Å². The fraction of sp³-hybridized carbons (Fsp3) is 0.0556. The van der Waals surface area contributed by atoms with E-state index in [4.69, 9.17) is 0 Å². The molecule has 0 atom stereocenters. The number of sulfone groups is 1. The lowest BCUT2D eigenvalue weighted by Crippen LogP contribution is -2.05. The van der Waals surface area contributed by atoms with E-state index in [0.717, 1.165) is 0 Å². The zero-order valence-electron chi connectivity index (χ0n) is 13.9. The van der Waals surface area contributed by atoms with E-state index in [9.17, 15) is 8.42 Å². The van der Waals surface area contributed by atoms with Crippen molar-refractivity contribution in [2.45, 2.75) is 9.79 Å². The predicted molar refractivity (Wildman–Crippen MR) is 97.7 cm³/mol. The summed E-state index contributed by atoms with van der Waals surface area (Å²) in [7, 11) is -2.16. The normalized spacial score (nSPS) is 11.6. The van der Waals surface area contributed by atoms with E-state index in [1.165, 1.54) is 4.52 Å². The van der Waals surface area contributed by atoms with E-state index in [1.54, 1.807) is 55.8 Å². The zero-order chi connectivity index (χ0) is 18.1. The maximum atomic E-state index is 13.2. The third-order valence-electron chi connectivity index (χ3n) is 3.96. The van der Waals surface area contributed by atoms with E-state index >= 15 is 0 Å². The van der Waals surface area contributed by atoms with Gasteiger partial charge in [-0.15, -0.1) is 5.10 Å². The van der Waals surface area contributed by atoms with Gasteiger partial charge >= 0.3 is 0 Å². The topological polar surface area (TPSA) is 89.2 Å². The summed E-state index contributed by atoms with van der Waals surface area (Å²) < 4.78 is 27.9. The smallest absolute Gasteiger partial charge is 0.214 e. The number of nitrogens with zero attached hydrogens (tertiary/aromatic N) is 4. The Morgan fingerprint density at radius 3 is 2.38 bits per heavy atom. The lowest BCUT2D eigenvalue weighted by molar-refractivity contribution is 0.597. The average Bonchev–Trinajstić information content (AvgIpc) is 3.09. The number of hydrogen-bond acceptors (Lipinski definition) is 6. The van der Waals surface area contributed by atoms with Gasteiger partial charge in [-0.05, 0) is 30.3 Å². The molecule has 4 rings (SSSR count). The fourth-order valence-corrected chi connectivity index (χ4v) is 4.29. The Balaban J connectivity index is 2.03. The van der Waals surface area contributed by atoms with Gasteiger partial charge in [0.15, 0.2) is 16.4 Å². The zero-order valence-corrected chi connectivity index (χ0v) is 14.7. The van der Waals surface area contributed by atoms with Crippen LogP contribution in [0.25, 0.3) is 17.0 Å². The van der Waals surface area contributed by atoms with Crippen LogP contribution in [0.15, 0.2) is 76.8 Å². The summed E-state index contributed by atoms with van der Waals surface area (Å²) in [6.07, 6.45) is 3.23. The van der Waals surface area contributed by atoms with Crippen LogP contribution in [-0.2, 0) is 9.84 Å². The monoisotopic (exact) mass is 365 g/mol. The first-order chi connectivity index (χ1) is 12.6. The van der Waals surface area contributed by atoms with Gasteiger partial charge in [-0.1, -0.05) is 24.3 Å². The van der Waals surface area contributed by atoms with E-state index in [-0.39, 0.29) is 21.3 Å². The molecule has 26 heavy (non-hydrogen) atoms. The highest BCUT2D eigenvalue weighted by atomic mass is 32.2. The molecule has 0 unspecified atom stereocenters. The maximum Gasteiger partial charge on any atom is 0.214 e. The van der Waals surface area contributed by atoms with Crippen LogP contribution in [0.5, 0.6) is 0 Å². The summed E-state index contributed by atoms with van der Waals surface area (Å²) in [6, 6.07) is 15.5. The summed E-state index contributed by atoms with van der Waals surface area (Å²) in [5.41, 5.74) is 1.58. The molecule has 0 fully saturated rings. The molecular formula is C18H15N5O2S. The lowest BCUT2D eigenvalue weighted by atomic mass is 10.2. The molecule has 0 spiro atoms. The average molecular weight is 365 g/mol. The van der Waals surface area contributed by atoms with Crippen molar-refractivity contribution >= 4 is 21.3 Å². The van der Waals surface area contributed by atoms with E-state index in [0.29, 0.717) is 11.4 Å². The van der Waals surface area contributed by atoms with Gasteiger partial charge in [-0.3, -0.25) is 4.98 Å². The number of pyridine rings is 1. The second kappa shape index (κ2) is 6.23. The number of anilines is 1. The molecule has 0 saturated heterocycles. The van der Waals surface area contributed by atoms with Crippen LogP contribution >= 0.6 is 0 Å². The molecule has 0 saturated carbocycles. The van der Waals surface area contributed by atoms with Gasteiger partial charge in [0, 0.05) is 19.4 Å². The molecule has 0 radical (unpaired) electrons. The largest absolute Gasteiger partial charge is 0.370 e. The molecule has 4 aromatic rings. The Kier molecular flexibility index (Phi) is 3.89. The number of fused-ring (bicyclic) bond motifs is 1. The second-order valence-electron chi connectivity index (χ2n) is 5.52. The first-order valence-corrected chi connectivity index (χ1v) is 9.38. The van der Waals surface area contributed by atoms with Crippen molar-refractivity contribution in [3.05, 3.63) is 67.0 Å². The Bertz CT molecular complexity index is 1170. The van der Waals surface area contributed by atoms with Gasteiger partial charge in [0.1, 0.15) is 0 Å². The Labute approximate surface area is 150 Å². The number of benzene rings is 1. The molecular weight excluding hydrogens is 350 g/mol. The van der Waals surface area contributed by atoms with E-state index < -0.39 is 9.84 Å². The minimum atomic E-state index is -3.79. The molecule has 0 aliphatic heterocycles. The van der Waals surface area contributed by atoms with E-state index in [1.807, 2.05) is 18.2 Å². The summed E-state index contributed by atoms with van der Waals surface area (Å²) in [5, 5.41) is 7.29. The fourth-order valence-electron chi connectivity index (χ4n) is 2.76. The van der Waals surface area contributed by atoms with Gasteiger partial charge in [-0.25, -0.2) is 17.9 Å². The van der Waals surface area contributed by atoms with Gasteiger partial charge < -0.3 is 5.32 Å². The van der Waals surface area contributed by atoms with Gasteiger partial charge in [0.05, 0.1) is 16.3 Å². The highest BCUT2D eigenvalue weighted by Gasteiger charge is 2.29. The molecule has 3 aromatic heterocycles. The quantitative estimate of drug-likeness (QED) is 0.598. The molecule has 3 heterocycles. The third-order valence-corrected chi connectivity index (χ3v) is 5.77. The maximum absolute atomic E-state index is 13.2. The Morgan fingerprint density at radius 1 is 0.923 bits per heavy atom. The molecule has 130 valence electrons. The van der Waals surface area contributed by atoms with Gasteiger partial charge in [0.2, 0.25) is 9.84 Å². The number of rotatable bonds is 4. The van der Waals surface area contributed by atoms with Crippen LogP contribution in [0.3, 0.4) is 0 Å². The van der Waals surface area contributed by atoms with Crippen molar-refractivity contribution in [1.29, 1.82) is 0 Å². The van der Waals surface area contributed by atoms with Crippen LogP contribution in [0.2, 0.25) is 0 Å². The minimum Gasteiger partial charge on any atom is -0.370 e. The second-order valence-corrected chi connectivity index (χ2v) is 7.41. The lowest BCUT2D eigenvalue weighted by Gasteiger charge is -2.05. The van der Waals surface area contributed by atoms with Crippen LogP contribution in [0.1, 0.15) is 0 Å². The van der Waals surface area contributed by atoms with Crippen molar-refractivity contribution in [2.75, 3.05) is 12.4 Å².